The van der Waals surface area contributed by atoms with Gasteiger partial charge in [0.2, 0.25) is 6.23 Å². The van der Waals surface area contributed by atoms with Gasteiger partial charge in [0.15, 0.2) is 0 Å². The third kappa shape index (κ3) is 1.78. The number of esters is 1. The molecule has 0 aromatic carbocycles. The summed E-state index contributed by atoms with van der Waals surface area (Å²) >= 11 is 0. The lowest BCUT2D eigenvalue weighted by Crippen LogP contribution is -2.55. The quantitative estimate of drug-likeness (QED) is 0.473. The highest BCUT2D eigenvalue weighted by Crippen LogP contribution is 2.32. The van der Waals surface area contributed by atoms with Gasteiger partial charge in [-0.2, -0.15) is 0 Å². The topological polar surface area (TPSA) is 26.3 Å². The molecule has 14 heavy (non-hydrogen) atoms. The van der Waals surface area contributed by atoms with Crippen LogP contribution in [0, 0.1) is 0 Å². The number of hydrogen-bond acceptors (Lipinski definition) is 2. The highest BCUT2D eigenvalue weighted by Gasteiger charge is 2.44. The molecule has 0 radical (unpaired) electrons. The molecule has 0 N–H and O–H groups in total. The van der Waals surface area contributed by atoms with E-state index in [0.29, 0.717) is 0 Å². The Kier molecular flexibility index (Phi) is 2.77. The van der Waals surface area contributed by atoms with Crippen LogP contribution in [0.25, 0.3) is 0 Å². The lowest BCUT2D eigenvalue weighted by Gasteiger charge is -2.41. The largest absolute Gasteiger partial charge is 0.413 e. The SMILES string of the molecule is CC(=O)OC1CCC[N+]12CCCCC2. The predicted molar refractivity (Wildman–Crippen MR) is 53.5 cm³/mol. The van der Waals surface area contributed by atoms with Crippen molar-refractivity contribution >= 4 is 5.97 Å². The number of ether oxygens (including phenoxy) is 1. The molecule has 0 aliphatic carbocycles. The maximum Gasteiger partial charge on any atom is 0.307 e. The zero-order valence-electron chi connectivity index (χ0n) is 9.00. The second-order valence-corrected chi connectivity index (χ2v) is 4.66. The Morgan fingerprint density at radius 3 is 2.43 bits per heavy atom. The number of quaternary nitrogens is 1. The zero-order valence-corrected chi connectivity index (χ0v) is 9.00. The van der Waals surface area contributed by atoms with Crippen LogP contribution in [0.5, 0.6) is 0 Å². The summed E-state index contributed by atoms with van der Waals surface area (Å²) in [6.45, 7) is 5.19. The van der Waals surface area contributed by atoms with E-state index in [-0.39, 0.29) is 12.2 Å². The van der Waals surface area contributed by atoms with Crippen LogP contribution in [0.4, 0.5) is 0 Å². The molecule has 3 nitrogen and oxygen atoms in total. The third-order valence-corrected chi connectivity index (χ3v) is 3.67. The van der Waals surface area contributed by atoms with Gasteiger partial charge in [0.1, 0.15) is 0 Å². The fourth-order valence-electron chi connectivity index (χ4n) is 3.01. The maximum absolute atomic E-state index is 11.0. The molecule has 2 aliphatic rings. The van der Waals surface area contributed by atoms with Crippen molar-refractivity contribution in [1.82, 2.24) is 0 Å². The number of rotatable bonds is 1. The first-order valence-corrected chi connectivity index (χ1v) is 5.76. The Balaban J connectivity index is 2.03. The van der Waals surface area contributed by atoms with Gasteiger partial charge in [-0.25, -0.2) is 0 Å². The summed E-state index contributed by atoms with van der Waals surface area (Å²) in [5, 5.41) is 0. The van der Waals surface area contributed by atoms with Crippen LogP contribution in [-0.4, -0.2) is 36.3 Å². The van der Waals surface area contributed by atoms with Crippen LogP contribution in [0.15, 0.2) is 0 Å². The van der Waals surface area contributed by atoms with Crippen molar-refractivity contribution in [2.45, 2.75) is 45.3 Å². The van der Waals surface area contributed by atoms with E-state index >= 15 is 0 Å². The van der Waals surface area contributed by atoms with Gasteiger partial charge in [0, 0.05) is 19.8 Å². The minimum absolute atomic E-state index is 0.111. The summed E-state index contributed by atoms with van der Waals surface area (Å²) in [4.78, 5) is 11.0. The fraction of sp³-hybridized carbons (Fsp3) is 0.909. The van der Waals surface area contributed by atoms with Crippen LogP contribution in [0.3, 0.4) is 0 Å². The molecule has 1 unspecified atom stereocenters. The first-order valence-electron chi connectivity index (χ1n) is 5.76. The number of nitrogens with zero attached hydrogens (tertiary/aromatic N) is 1. The van der Waals surface area contributed by atoms with Crippen LogP contribution in [-0.2, 0) is 9.53 Å². The van der Waals surface area contributed by atoms with Gasteiger partial charge in [-0.1, -0.05) is 0 Å². The molecule has 80 valence electrons. The van der Waals surface area contributed by atoms with E-state index in [1.165, 1.54) is 52.2 Å². The van der Waals surface area contributed by atoms with Crippen molar-refractivity contribution in [2.75, 3.05) is 19.6 Å². The normalized spacial score (nSPS) is 30.5. The smallest absolute Gasteiger partial charge is 0.307 e. The molecule has 2 fully saturated rings. The third-order valence-electron chi connectivity index (χ3n) is 3.67. The molecule has 0 bridgehead atoms. The average Bonchev–Trinajstić information content (AvgIpc) is 2.50. The second kappa shape index (κ2) is 3.89. The average molecular weight is 198 g/mol. The van der Waals surface area contributed by atoms with Crippen molar-refractivity contribution in [3.8, 4) is 0 Å². The highest BCUT2D eigenvalue weighted by molar-refractivity contribution is 5.66. The van der Waals surface area contributed by atoms with Crippen molar-refractivity contribution in [1.29, 1.82) is 0 Å². The van der Waals surface area contributed by atoms with Crippen molar-refractivity contribution in [2.24, 2.45) is 0 Å². The summed E-state index contributed by atoms with van der Waals surface area (Å²) in [5.41, 5.74) is 0. The van der Waals surface area contributed by atoms with Crippen LogP contribution < -0.4 is 0 Å². The van der Waals surface area contributed by atoms with Gasteiger partial charge in [-0.05, 0) is 19.3 Å². The lowest BCUT2D eigenvalue weighted by molar-refractivity contribution is -0.961. The van der Waals surface area contributed by atoms with Crippen LogP contribution in [0.2, 0.25) is 0 Å². The van der Waals surface area contributed by atoms with E-state index in [1.54, 1.807) is 0 Å². The Hall–Kier alpha value is -0.570. The van der Waals surface area contributed by atoms with Gasteiger partial charge in [-0.15, -0.1) is 0 Å². The van der Waals surface area contributed by atoms with Crippen molar-refractivity contribution in [3.63, 3.8) is 0 Å². The first kappa shape index (κ1) is 9.97. The van der Waals surface area contributed by atoms with Gasteiger partial charge < -0.3 is 4.74 Å². The van der Waals surface area contributed by atoms with E-state index in [4.69, 9.17) is 4.74 Å². The lowest BCUT2D eigenvalue weighted by atomic mass is 10.1. The Bertz CT molecular complexity index is 221. The summed E-state index contributed by atoms with van der Waals surface area (Å²) in [7, 11) is 0. The summed E-state index contributed by atoms with van der Waals surface area (Å²) in [6.07, 6.45) is 6.42. The summed E-state index contributed by atoms with van der Waals surface area (Å²) in [5.74, 6) is -0.111. The number of carbonyl (C=O) groups excluding carboxylic acids is 1. The Labute approximate surface area is 85.6 Å². The molecule has 0 aromatic heterocycles. The van der Waals surface area contributed by atoms with Gasteiger partial charge in [-0.3, -0.25) is 9.28 Å². The minimum Gasteiger partial charge on any atom is -0.413 e. The summed E-state index contributed by atoms with van der Waals surface area (Å²) in [6, 6.07) is 0. The number of hydrogen-bond donors (Lipinski definition) is 0. The minimum atomic E-state index is -0.111. The van der Waals surface area contributed by atoms with Gasteiger partial charge >= 0.3 is 5.97 Å². The molecule has 0 aromatic rings. The van der Waals surface area contributed by atoms with Crippen molar-refractivity contribution in [3.05, 3.63) is 0 Å². The number of piperidine rings is 1. The highest BCUT2D eigenvalue weighted by atomic mass is 16.6. The van der Waals surface area contributed by atoms with Gasteiger partial charge in [0.05, 0.1) is 19.6 Å². The van der Waals surface area contributed by atoms with Crippen LogP contribution in [0.1, 0.15) is 39.0 Å². The van der Waals surface area contributed by atoms with Crippen LogP contribution >= 0.6 is 0 Å². The van der Waals surface area contributed by atoms with E-state index in [9.17, 15) is 4.79 Å². The monoisotopic (exact) mass is 198 g/mol. The zero-order chi connectivity index (χ0) is 10.0. The fourth-order valence-corrected chi connectivity index (χ4v) is 3.01. The van der Waals surface area contributed by atoms with E-state index in [1.807, 2.05) is 0 Å². The molecule has 1 spiro atoms. The molecular formula is C11H20NO2+. The molecule has 2 aliphatic heterocycles. The second-order valence-electron chi connectivity index (χ2n) is 4.66. The first-order chi connectivity index (χ1) is 6.73. The standard InChI is InChI=1S/C11H20NO2/c1-10(13)14-11-6-5-9-12(11)7-3-2-4-8-12/h11H,2-9H2,1H3/q+1. The molecular weight excluding hydrogens is 178 g/mol. The van der Waals surface area contributed by atoms with Gasteiger partial charge in [0.25, 0.3) is 0 Å². The number of carbonyl (C=O) groups is 1. The summed E-state index contributed by atoms with van der Waals surface area (Å²) < 4.78 is 6.51. The predicted octanol–water partition coefficient (Wildman–Crippen LogP) is 1.67. The molecule has 2 saturated heterocycles. The molecule has 1 atom stereocenters. The van der Waals surface area contributed by atoms with E-state index in [2.05, 4.69) is 0 Å². The Morgan fingerprint density at radius 1 is 1.14 bits per heavy atom. The Morgan fingerprint density at radius 2 is 1.79 bits per heavy atom. The molecule has 2 rings (SSSR count). The maximum atomic E-state index is 11.0. The molecule has 0 amide bonds. The molecule has 0 saturated carbocycles. The van der Waals surface area contributed by atoms with E-state index in [0.717, 1.165) is 10.9 Å². The molecule has 3 heteroatoms. The van der Waals surface area contributed by atoms with Crippen molar-refractivity contribution < 1.29 is 14.0 Å². The van der Waals surface area contributed by atoms with E-state index < -0.39 is 0 Å². The molecule has 2 heterocycles.